The molecule has 1 unspecified atom stereocenters. The number of unbranched alkanes of at least 4 members (excludes halogenated alkanes) is 1. The smallest absolute Gasteiger partial charge is 0.453 e. The molecular formula is C16H24F5NO4. The summed E-state index contributed by atoms with van der Waals surface area (Å²) in [5.41, 5.74) is -0.284. The molecule has 26 heavy (non-hydrogen) atoms. The van der Waals surface area contributed by atoms with Crippen LogP contribution in [0.15, 0.2) is 12.2 Å². The van der Waals surface area contributed by atoms with Crippen LogP contribution in [0.25, 0.3) is 0 Å². The number of carbonyl (C=O) groups is 2. The lowest BCUT2D eigenvalue weighted by Gasteiger charge is -2.22. The van der Waals surface area contributed by atoms with Crippen LogP contribution >= 0.6 is 0 Å². The van der Waals surface area contributed by atoms with E-state index < -0.39 is 49.3 Å². The molecule has 0 aromatic rings. The van der Waals surface area contributed by atoms with Gasteiger partial charge >= 0.3 is 24.0 Å². The average molecular weight is 389 g/mol. The third-order valence-corrected chi connectivity index (χ3v) is 3.49. The molecular weight excluding hydrogens is 365 g/mol. The van der Waals surface area contributed by atoms with Crippen LogP contribution in [0.1, 0.15) is 45.4 Å². The lowest BCUT2D eigenvalue weighted by Crippen LogP contribution is -2.38. The number of esters is 1. The van der Waals surface area contributed by atoms with E-state index in [0.717, 1.165) is 12.8 Å². The molecule has 0 aromatic carbocycles. The van der Waals surface area contributed by atoms with E-state index in [0.29, 0.717) is 6.54 Å². The van der Waals surface area contributed by atoms with E-state index in [4.69, 9.17) is 9.84 Å². The summed E-state index contributed by atoms with van der Waals surface area (Å²) >= 11 is 0. The number of carboxylic acids is 1. The van der Waals surface area contributed by atoms with Crippen LogP contribution < -0.4 is 5.32 Å². The Hall–Kier alpha value is -1.71. The molecule has 0 saturated carbocycles. The zero-order valence-electron chi connectivity index (χ0n) is 14.5. The fraction of sp³-hybridized carbons (Fsp3) is 0.750. The lowest BCUT2D eigenvalue weighted by molar-refractivity contribution is -0.284. The second-order valence-corrected chi connectivity index (χ2v) is 5.87. The van der Waals surface area contributed by atoms with Crippen molar-refractivity contribution in [1.29, 1.82) is 0 Å². The molecule has 152 valence electrons. The maximum absolute atomic E-state index is 12.9. The van der Waals surface area contributed by atoms with Crippen molar-refractivity contribution in [3.63, 3.8) is 0 Å². The Morgan fingerprint density at radius 1 is 1.19 bits per heavy atom. The number of carboxylic acid groups (broad SMARTS) is 1. The molecule has 1 atom stereocenters. The molecule has 10 heteroatoms. The van der Waals surface area contributed by atoms with Crippen LogP contribution in [0.3, 0.4) is 0 Å². The predicted molar refractivity (Wildman–Crippen MR) is 83.9 cm³/mol. The summed E-state index contributed by atoms with van der Waals surface area (Å²) in [5.74, 6) is -6.98. The van der Waals surface area contributed by atoms with Crippen molar-refractivity contribution >= 4 is 11.9 Å². The van der Waals surface area contributed by atoms with Gasteiger partial charge in [0.15, 0.2) is 0 Å². The Labute approximate surface area is 148 Å². The molecule has 0 rings (SSSR count). The van der Waals surface area contributed by atoms with Crippen molar-refractivity contribution < 1.29 is 41.4 Å². The largest absolute Gasteiger partial charge is 0.481 e. The zero-order valence-corrected chi connectivity index (χ0v) is 14.5. The quantitative estimate of drug-likeness (QED) is 0.218. The Bertz CT molecular complexity index is 480. The highest BCUT2D eigenvalue weighted by atomic mass is 19.4. The van der Waals surface area contributed by atoms with Crippen molar-refractivity contribution in [3.8, 4) is 0 Å². The fourth-order valence-electron chi connectivity index (χ4n) is 1.97. The number of carbonyl (C=O) groups excluding carboxylic acids is 1. The first-order chi connectivity index (χ1) is 11.9. The van der Waals surface area contributed by atoms with E-state index >= 15 is 0 Å². The molecule has 0 aliphatic heterocycles. The van der Waals surface area contributed by atoms with E-state index in [2.05, 4.69) is 11.9 Å². The van der Waals surface area contributed by atoms with Gasteiger partial charge in [-0.1, -0.05) is 19.9 Å². The first-order valence-corrected chi connectivity index (χ1v) is 8.15. The van der Waals surface area contributed by atoms with E-state index in [-0.39, 0.29) is 18.6 Å². The van der Waals surface area contributed by atoms with E-state index in [9.17, 15) is 31.5 Å². The van der Waals surface area contributed by atoms with E-state index in [1.807, 2.05) is 6.92 Å². The molecule has 0 spiro atoms. The number of alkyl halides is 5. The molecule has 0 amide bonds. The summed E-state index contributed by atoms with van der Waals surface area (Å²) in [6, 6.07) is -0.618. The van der Waals surface area contributed by atoms with Gasteiger partial charge in [-0.2, -0.15) is 22.0 Å². The molecule has 0 fully saturated rings. The summed E-state index contributed by atoms with van der Waals surface area (Å²) < 4.78 is 67.2. The van der Waals surface area contributed by atoms with Gasteiger partial charge in [-0.05, 0) is 25.8 Å². The lowest BCUT2D eigenvalue weighted by atomic mass is 10.1. The fourth-order valence-corrected chi connectivity index (χ4v) is 1.97. The van der Waals surface area contributed by atoms with Gasteiger partial charge in [0.05, 0.1) is 6.42 Å². The summed E-state index contributed by atoms with van der Waals surface area (Å²) in [4.78, 5) is 22.1. The molecule has 0 aliphatic carbocycles. The van der Waals surface area contributed by atoms with Crippen molar-refractivity contribution in [2.24, 2.45) is 0 Å². The van der Waals surface area contributed by atoms with Gasteiger partial charge in [0.1, 0.15) is 6.61 Å². The number of halogens is 5. The second kappa shape index (κ2) is 11.1. The Morgan fingerprint density at radius 3 is 2.31 bits per heavy atom. The van der Waals surface area contributed by atoms with E-state index in [1.165, 1.54) is 0 Å². The summed E-state index contributed by atoms with van der Waals surface area (Å²) in [5, 5.41) is 11.5. The number of ether oxygens (including phenoxy) is 1. The first kappa shape index (κ1) is 24.3. The summed E-state index contributed by atoms with van der Waals surface area (Å²) in [6.45, 7) is 5.38. The van der Waals surface area contributed by atoms with Gasteiger partial charge in [0, 0.05) is 18.0 Å². The summed E-state index contributed by atoms with van der Waals surface area (Å²) in [7, 11) is 0. The van der Waals surface area contributed by atoms with Crippen molar-refractivity contribution in [2.45, 2.75) is 63.6 Å². The SMILES string of the molecule is C=C(CC(=O)O)C(=O)OCC(CCCC(F)(F)C(F)(F)F)NCCCC. The van der Waals surface area contributed by atoms with Gasteiger partial charge < -0.3 is 15.2 Å². The molecule has 5 nitrogen and oxygen atoms in total. The molecule has 2 N–H and O–H groups in total. The maximum atomic E-state index is 12.9. The van der Waals surface area contributed by atoms with Gasteiger partial charge in [0.25, 0.3) is 0 Å². The molecule has 0 saturated heterocycles. The standard InChI is InChI=1S/C16H24F5NO4/c1-3-4-8-22-12(6-5-7-15(17,18)16(19,20)21)10-26-14(25)11(2)9-13(23)24/h12,22H,2-10H2,1H3,(H,23,24). The number of nitrogens with one attached hydrogen (secondary N) is 1. The van der Waals surface area contributed by atoms with Crippen molar-refractivity contribution in [2.75, 3.05) is 13.2 Å². The van der Waals surface area contributed by atoms with Crippen LogP contribution in [0.5, 0.6) is 0 Å². The minimum absolute atomic E-state index is 0.0614. The van der Waals surface area contributed by atoms with Gasteiger partial charge in [-0.25, -0.2) is 4.79 Å². The predicted octanol–water partition coefficient (Wildman–Crippen LogP) is 3.69. The average Bonchev–Trinajstić information content (AvgIpc) is 2.49. The minimum Gasteiger partial charge on any atom is -0.481 e. The monoisotopic (exact) mass is 389 g/mol. The minimum atomic E-state index is -5.60. The topological polar surface area (TPSA) is 75.6 Å². The van der Waals surface area contributed by atoms with Gasteiger partial charge in [-0.3, -0.25) is 4.79 Å². The highest BCUT2D eigenvalue weighted by molar-refractivity contribution is 5.92. The third-order valence-electron chi connectivity index (χ3n) is 3.49. The third kappa shape index (κ3) is 9.69. The Balaban J connectivity index is 4.54. The number of hydrogen-bond donors (Lipinski definition) is 2. The van der Waals surface area contributed by atoms with Crippen LogP contribution in [-0.2, 0) is 14.3 Å². The molecule has 0 radical (unpaired) electrons. The summed E-state index contributed by atoms with van der Waals surface area (Å²) in [6.07, 6.45) is -6.47. The van der Waals surface area contributed by atoms with Crippen LogP contribution in [0.2, 0.25) is 0 Å². The van der Waals surface area contributed by atoms with Crippen LogP contribution in [0, 0.1) is 0 Å². The molecule has 0 aromatic heterocycles. The second-order valence-electron chi connectivity index (χ2n) is 5.87. The van der Waals surface area contributed by atoms with Crippen LogP contribution in [0.4, 0.5) is 22.0 Å². The van der Waals surface area contributed by atoms with Gasteiger partial charge in [-0.15, -0.1) is 0 Å². The zero-order chi connectivity index (χ0) is 20.4. The maximum Gasteiger partial charge on any atom is 0.453 e. The Kier molecular flexibility index (Phi) is 10.4. The Morgan fingerprint density at radius 2 is 1.81 bits per heavy atom. The van der Waals surface area contributed by atoms with Gasteiger partial charge in [0.2, 0.25) is 0 Å². The highest BCUT2D eigenvalue weighted by Gasteiger charge is 2.56. The number of hydrogen-bond acceptors (Lipinski definition) is 4. The number of aliphatic carboxylic acids is 1. The number of rotatable bonds is 13. The van der Waals surface area contributed by atoms with E-state index in [1.54, 1.807) is 0 Å². The van der Waals surface area contributed by atoms with Crippen LogP contribution in [-0.4, -0.2) is 48.3 Å². The van der Waals surface area contributed by atoms with Crippen molar-refractivity contribution in [1.82, 2.24) is 5.32 Å². The molecule has 0 aliphatic rings. The normalized spacial score (nSPS) is 13.3. The first-order valence-electron chi connectivity index (χ1n) is 8.15. The van der Waals surface area contributed by atoms with Crippen molar-refractivity contribution in [3.05, 3.63) is 12.2 Å². The highest BCUT2D eigenvalue weighted by Crippen LogP contribution is 2.39. The molecule has 0 bridgehead atoms. The molecule has 0 heterocycles.